The van der Waals surface area contributed by atoms with Gasteiger partial charge in [0.2, 0.25) is 5.91 Å². The van der Waals surface area contributed by atoms with Crippen molar-refractivity contribution < 1.29 is 4.79 Å². The second-order valence-corrected chi connectivity index (χ2v) is 8.22. The summed E-state index contributed by atoms with van der Waals surface area (Å²) in [5, 5.41) is 3.53. The summed E-state index contributed by atoms with van der Waals surface area (Å²) in [5.74, 6) is 0.705. The van der Waals surface area contributed by atoms with E-state index in [0.29, 0.717) is 17.4 Å². The van der Waals surface area contributed by atoms with E-state index in [2.05, 4.69) is 28.2 Å². The second-order valence-electron chi connectivity index (χ2n) is 8.22. The highest BCUT2D eigenvalue weighted by Gasteiger charge is 2.16. The molecule has 0 bridgehead atoms. The number of carbonyl (C=O) groups excluding carboxylic acids is 1. The van der Waals surface area contributed by atoms with Crippen LogP contribution in [0.15, 0.2) is 59.7 Å². The lowest BCUT2D eigenvalue weighted by molar-refractivity contribution is -0.116. The molecule has 0 saturated carbocycles. The lowest BCUT2D eigenvalue weighted by Gasteiger charge is -2.30. The number of aryl methyl sites for hydroxylation is 1. The van der Waals surface area contributed by atoms with Crippen molar-refractivity contribution in [1.82, 2.24) is 14.5 Å². The van der Waals surface area contributed by atoms with Crippen molar-refractivity contribution in [2.75, 3.05) is 18.4 Å². The van der Waals surface area contributed by atoms with Gasteiger partial charge in [0.25, 0.3) is 5.56 Å². The number of rotatable bonds is 6. The molecule has 6 heteroatoms. The summed E-state index contributed by atoms with van der Waals surface area (Å²) in [4.78, 5) is 31.8. The standard InChI is InChI=1S/C24H28N4O2/c1-18-9-12-27(13-10-18)16-19-5-4-6-20(15-19)26-23(29)11-14-28-17-25-22-8-3-2-7-21(22)24(28)30/h2-8,15,17-18H,9-14,16H2,1H3,(H,26,29). The van der Waals surface area contributed by atoms with Gasteiger partial charge in [-0.3, -0.25) is 19.1 Å². The first-order valence-corrected chi connectivity index (χ1v) is 10.6. The molecule has 0 radical (unpaired) electrons. The van der Waals surface area contributed by atoms with Crippen LogP contribution in [0.5, 0.6) is 0 Å². The molecule has 1 aromatic heterocycles. The molecule has 1 fully saturated rings. The third-order valence-electron chi connectivity index (χ3n) is 5.80. The molecule has 0 aliphatic carbocycles. The van der Waals surface area contributed by atoms with E-state index in [1.54, 1.807) is 6.07 Å². The number of nitrogens with one attached hydrogen (secondary N) is 1. The molecule has 3 aromatic rings. The van der Waals surface area contributed by atoms with E-state index >= 15 is 0 Å². The molecule has 0 atom stereocenters. The zero-order valence-electron chi connectivity index (χ0n) is 17.4. The summed E-state index contributed by atoms with van der Waals surface area (Å²) in [6.45, 7) is 5.79. The number of hydrogen-bond donors (Lipinski definition) is 1. The summed E-state index contributed by atoms with van der Waals surface area (Å²) in [5.41, 5.74) is 2.55. The van der Waals surface area contributed by atoms with Crippen molar-refractivity contribution in [3.8, 4) is 0 Å². The third kappa shape index (κ3) is 4.94. The molecule has 0 unspecified atom stereocenters. The normalized spacial score (nSPS) is 15.4. The molecule has 30 heavy (non-hydrogen) atoms. The molecule has 0 spiro atoms. The minimum Gasteiger partial charge on any atom is -0.326 e. The van der Waals surface area contributed by atoms with Crippen LogP contribution >= 0.6 is 0 Å². The highest BCUT2D eigenvalue weighted by Crippen LogP contribution is 2.19. The van der Waals surface area contributed by atoms with Gasteiger partial charge in [-0.05, 0) is 61.7 Å². The SMILES string of the molecule is CC1CCN(Cc2cccc(NC(=O)CCn3cnc4ccccc4c3=O)c2)CC1. The minimum absolute atomic E-state index is 0.112. The highest BCUT2D eigenvalue weighted by molar-refractivity contribution is 5.90. The number of para-hydroxylation sites is 1. The van der Waals surface area contributed by atoms with E-state index < -0.39 is 0 Å². The van der Waals surface area contributed by atoms with Crippen molar-refractivity contribution >= 4 is 22.5 Å². The van der Waals surface area contributed by atoms with Gasteiger partial charge < -0.3 is 5.32 Å². The summed E-state index contributed by atoms with van der Waals surface area (Å²) < 4.78 is 1.50. The number of likely N-dealkylation sites (tertiary alicyclic amines) is 1. The first-order valence-electron chi connectivity index (χ1n) is 10.6. The van der Waals surface area contributed by atoms with Crippen molar-refractivity contribution in [2.45, 2.75) is 39.3 Å². The van der Waals surface area contributed by atoms with E-state index in [1.807, 2.05) is 36.4 Å². The number of aromatic nitrogens is 2. The number of piperidine rings is 1. The van der Waals surface area contributed by atoms with E-state index in [4.69, 9.17) is 0 Å². The number of fused-ring (bicyclic) bond motifs is 1. The van der Waals surface area contributed by atoms with Gasteiger partial charge >= 0.3 is 0 Å². The van der Waals surface area contributed by atoms with E-state index in [0.717, 1.165) is 31.2 Å². The van der Waals surface area contributed by atoms with Crippen LogP contribution in [0.4, 0.5) is 5.69 Å². The smallest absolute Gasteiger partial charge is 0.261 e. The van der Waals surface area contributed by atoms with Crippen molar-refractivity contribution in [3.05, 3.63) is 70.8 Å². The monoisotopic (exact) mass is 404 g/mol. The molecule has 1 N–H and O–H groups in total. The average molecular weight is 405 g/mol. The number of anilines is 1. The van der Waals surface area contributed by atoms with Crippen molar-refractivity contribution in [2.24, 2.45) is 5.92 Å². The average Bonchev–Trinajstić information content (AvgIpc) is 2.75. The maximum atomic E-state index is 12.5. The third-order valence-corrected chi connectivity index (χ3v) is 5.80. The maximum absolute atomic E-state index is 12.5. The fraction of sp³-hybridized carbons (Fsp3) is 0.375. The number of amides is 1. The molecular formula is C24H28N4O2. The predicted molar refractivity (Wildman–Crippen MR) is 119 cm³/mol. The topological polar surface area (TPSA) is 67.2 Å². The van der Waals surface area contributed by atoms with Gasteiger partial charge in [-0.1, -0.05) is 31.2 Å². The summed E-state index contributed by atoms with van der Waals surface area (Å²) >= 11 is 0. The lowest BCUT2D eigenvalue weighted by Crippen LogP contribution is -2.32. The van der Waals surface area contributed by atoms with E-state index in [-0.39, 0.29) is 17.9 Å². The van der Waals surface area contributed by atoms with E-state index in [1.165, 1.54) is 29.3 Å². The van der Waals surface area contributed by atoms with Crippen molar-refractivity contribution in [1.29, 1.82) is 0 Å². The van der Waals surface area contributed by atoms with Gasteiger partial charge in [-0.15, -0.1) is 0 Å². The Bertz CT molecular complexity index is 1080. The van der Waals surface area contributed by atoms with Gasteiger partial charge in [0.05, 0.1) is 17.2 Å². The fourth-order valence-corrected chi connectivity index (χ4v) is 3.94. The summed E-state index contributed by atoms with van der Waals surface area (Å²) in [6, 6.07) is 15.3. The Labute approximate surface area is 176 Å². The molecule has 1 amide bonds. The van der Waals surface area contributed by atoms with Crippen LogP contribution in [0.25, 0.3) is 10.9 Å². The second kappa shape index (κ2) is 9.22. The van der Waals surface area contributed by atoms with Crippen LogP contribution in [0.3, 0.4) is 0 Å². The Hall–Kier alpha value is -2.99. The van der Waals surface area contributed by atoms with Crippen LogP contribution in [0, 0.1) is 5.92 Å². The molecule has 2 heterocycles. The Balaban J connectivity index is 1.34. The summed E-state index contributed by atoms with van der Waals surface area (Å²) in [7, 11) is 0. The van der Waals surface area contributed by atoms with Crippen LogP contribution in [-0.4, -0.2) is 33.4 Å². The Morgan fingerprint density at radius 2 is 1.93 bits per heavy atom. The quantitative estimate of drug-likeness (QED) is 0.681. The molecule has 1 saturated heterocycles. The van der Waals surface area contributed by atoms with Crippen molar-refractivity contribution in [3.63, 3.8) is 0 Å². The Morgan fingerprint density at radius 1 is 1.13 bits per heavy atom. The zero-order valence-corrected chi connectivity index (χ0v) is 17.4. The number of carbonyl (C=O) groups is 1. The van der Waals surface area contributed by atoms with Gasteiger partial charge in [-0.2, -0.15) is 0 Å². The number of nitrogens with zero attached hydrogens (tertiary/aromatic N) is 3. The minimum atomic E-state index is -0.119. The number of benzene rings is 2. The van der Waals surface area contributed by atoms with Crippen LogP contribution in [0.2, 0.25) is 0 Å². The number of hydrogen-bond acceptors (Lipinski definition) is 4. The Morgan fingerprint density at radius 3 is 2.77 bits per heavy atom. The molecular weight excluding hydrogens is 376 g/mol. The first-order chi connectivity index (χ1) is 14.6. The Kier molecular flexibility index (Phi) is 6.23. The molecule has 156 valence electrons. The molecule has 1 aliphatic rings. The zero-order chi connectivity index (χ0) is 20.9. The maximum Gasteiger partial charge on any atom is 0.261 e. The molecule has 6 nitrogen and oxygen atoms in total. The molecule has 2 aromatic carbocycles. The first kappa shape index (κ1) is 20.3. The van der Waals surface area contributed by atoms with Gasteiger partial charge in [0.15, 0.2) is 0 Å². The summed E-state index contributed by atoms with van der Waals surface area (Å²) in [6.07, 6.45) is 4.23. The largest absolute Gasteiger partial charge is 0.326 e. The lowest BCUT2D eigenvalue weighted by atomic mass is 9.99. The molecule has 1 aliphatic heterocycles. The fourth-order valence-electron chi connectivity index (χ4n) is 3.94. The van der Waals surface area contributed by atoms with Gasteiger partial charge in [0, 0.05) is 25.2 Å². The van der Waals surface area contributed by atoms with E-state index in [9.17, 15) is 9.59 Å². The van der Waals surface area contributed by atoms with Gasteiger partial charge in [-0.25, -0.2) is 4.98 Å². The molecule has 4 rings (SSSR count). The predicted octanol–water partition coefficient (Wildman–Crippen LogP) is 3.66. The van der Waals surface area contributed by atoms with Crippen LogP contribution < -0.4 is 10.9 Å². The van der Waals surface area contributed by atoms with Gasteiger partial charge in [0.1, 0.15) is 0 Å². The highest BCUT2D eigenvalue weighted by atomic mass is 16.1. The van der Waals surface area contributed by atoms with Crippen LogP contribution in [0.1, 0.15) is 31.7 Å². The van der Waals surface area contributed by atoms with Crippen LogP contribution in [-0.2, 0) is 17.9 Å².